The summed E-state index contributed by atoms with van der Waals surface area (Å²) < 4.78 is 0. The number of benzene rings is 5. The van der Waals surface area contributed by atoms with Gasteiger partial charge in [-0.2, -0.15) is 0 Å². The highest BCUT2D eigenvalue weighted by molar-refractivity contribution is 7.12. The van der Waals surface area contributed by atoms with Crippen LogP contribution in [0, 0.1) is 0 Å². The second kappa shape index (κ2) is 7.04. The molecule has 36 heavy (non-hydrogen) atoms. The topological polar surface area (TPSA) is 3.24 Å². The lowest BCUT2D eigenvalue weighted by Gasteiger charge is -2.47. The molecule has 0 aliphatic carbocycles. The van der Waals surface area contributed by atoms with Crippen LogP contribution in [0.2, 0.25) is 0 Å². The van der Waals surface area contributed by atoms with Gasteiger partial charge in [0, 0.05) is 22.5 Å². The van der Waals surface area contributed by atoms with Crippen molar-refractivity contribution in [3.8, 4) is 0 Å². The van der Waals surface area contributed by atoms with Crippen LogP contribution in [-0.4, -0.2) is 13.4 Å². The minimum absolute atomic E-state index is 0.0527. The highest BCUT2D eigenvalue weighted by Crippen LogP contribution is 2.39. The van der Waals surface area contributed by atoms with Crippen LogP contribution in [0.25, 0.3) is 0 Å². The van der Waals surface area contributed by atoms with Crippen molar-refractivity contribution < 1.29 is 0 Å². The predicted octanol–water partition coefficient (Wildman–Crippen LogP) is 3.45. The van der Waals surface area contributed by atoms with Gasteiger partial charge >= 0.3 is 0 Å². The molecule has 0 N–H and O–H groups in total. The summed E-state index contributed by atoms with van der Waals surface area (Å²) in [4.78, 5) is 2.49. The molecule has 0 spiro atoms. The highest BCUT2D eigenvalue weighted by atomic mass is 15.1. The summed E-state index contributed by atoms with van der Waals surface area (Å²) in [5, 5.41) is 0. The molecule has 8 rings (SSSR count). The summed E-state index contributed by atoms with van der Waals surface area (Å²) in [7, 11) is 0. The normalized spacial score (nSPS) is 15.6. The fourth-order valence-electron chi connectivity index (χ4n) is 7.36. The van der Waals surface area contributed by atoms with Crippen LogP contribution < -0.4 is 37.7 Å². The molecule has 168 valence electrons. The van der Waals surface area contributed by atoms with Crippen LogP contribution in [-0.2, 0) is 5.41 Å². The van der Waals surface area contributed by atoms with Crippen molar-refractivity contribution in [2.75, 3.05) is 4.90 Å². The number of fused-ring (bicyclic) bond motifs is 7. The Bertz CT molecular complexity index is 1680. The van der Waals surface area contributed by atoms with Crippen molar-refractivity contribution in [3.05, 3.63) is 126 Å². The minimum Gasteiger partial charge on any atom is -0.312 e. The number of anilines is 3. The maximum absolute atomic E-state index is 2.49. The van der Waals surface area contributed by atoms with E-state index >= 15 is 0 Å². The number of hydrogen-bond donors (Lipinski definition) is 0. The Balaban J connectivity index is 1.54. The predicted molar refractivity (Wildman–Crippen MR) is 155 cm³/mol. The summed E-state index contributed by atoms with van der Waals surface area (Å²) >= 11 is 0. The molecule has 0 bridgehead atoms. The average Bonchev–Trinajstić information content (AvgIpc) is 2.93. The van der Waals surface area contributed by atoms with Crippen LogP contribution in [0.1, 0.15) is 25.0 Å². The van der Waals surface area contributed by atoms with E-state index in [-0.39, 0.29) is 18.8 Å². The first-order valence-corrected chi connectivity index (χ1v) is 13.0. The molecule has 0 radical (unpaired) electrons. The lowest BCUT2D eigenvalue weighted by Crippen LogP contribution is -2.79. The molecule has 5 aromatic carbocycles. The van der Waals surface area contributed by atoms with Gasteiger partial charge in [-0.15, -0.1) is 0 Å². The van der Waals surface area contributed by atoms with Crippen LogP contribution in [0.3, 0.4) is 0 Å². The van der Waals surface area contributed by atoms with Gasteiger partial charge in [0.15, 0.2) is 0 Å². The van der Waals surface area contributed by atoms with E-state index in [1.807, 2.05) is 0 Å². The first-order valence-electron chi connectivity index (χ1n) is 13.0. The molecule has 3 heterocycles. The molecular weight excluding hydrogens is 432 g/mol. The molecule has 5 aromatic rings. The zero-order chi connectivity index (χ0) is 24.0. The van der Waals surface area contributed by atoms with Gasteiger partial charge in [0.1, 0.15) is 0 Å². The van der Waals surface area contributed by atoms with Crippen LogP contribution >= 0.6 is 0 Å². The van der Waals surface area contributed by atoms with E-state index in [9.17, 15) is 0 Å². The Morgan fingerprint density at radius 3 is 1.81 bits per heavy atom. The Kier molecular flexibility index (Phi) is 3.96. The second-order valence-electron chi connectivity index (χ2n) is 10.9. The molecule has 0 aromatic heterocycles. The van der Waals surface area contributed by atoms with Gasteiger partial charge in [0.2, 0.25) is 13.4 Å². The third-order valence-corrected chi connectivity index (χ3v) is 8.82. The smallest absolute Gasteiger partial charge is 0.245 e. The molecule has 3 heteroatoms. The zero-order valence-electron chi connectivity index (χ0n) is 20.6. The van der Waals surface area contributed by atoms with Gasteiger partial charge in [-0.1, -0.05) is 127 Å². The van der Waals surface area contributed by atoms with Crippen LogP contribution in [0.15, 0.2) is 115 Å². The number of nitrogens with zero attached hydrogens (tertiary/aromatic N) is 1. The fraction of sp³-hybridized carbons (Fsp3) is 0.0909. The maximum Gasteiger partial charge on any atom is 0.245 e. The SMILES string of the molecule is CC1(C)c2ccccc2B2c3ccccc3B3c4ccccc4N(c4ccccc4)c4ccc1c2c43. The highest BCUT2D eigenvalue weighted by Gasteiger charge is 2.50. The van der Waals surface area contributed by atoms with E-state index in [4.69, 9.17) is 0 Å². The molecule has 0 atom stereocenters. The summed E-state index contributed by atoms with van der Waals surface area (Å²) in [6.07, 6.45) is 0. The Labute approximate surface area is 213 Å². The Morgan fingerprint density at radius 1 is 0.472 bits per heavy atom. The Hall–Kier alpha value is -3.97. The van der Waals surface area contributed by atoms with Gasteiger partial charge in [0.25, 0.3) is 0 Å². The van der Waals surface area contributed by atoms with E-state index in [1.165, 1.54) is 61.0 Å². The summed E-state index contributed by atoms with van der Waals surface area (Å²) in [6, 6.07) is 43.0. The second-order valence-corrected chi connectivity index (χ2v) is 10.9. The lowest BCUT2D eigenvalue weighted by molar-refractivity contribution is 0.646. The fourth-order valence-corrected chi connectivity index (χ4v) is 7.36. The molecular formula is C33H25B2N. The molecule has 0 saturated heterocycles. The minimum atomic E-state index is -0.0527. The van der Waals surface area contributed by atoms with E-state index in [1.54, 1.807) is 0 Å². The maximum atomic E-state index is 2.49. The van der Waals surface area contributed by atoms with Gasteiger partial charge in [0.05, 0.1) is 0 Å². The largest absolute Gasteiger partial charge is 0.312 e. The van der Waals surface area contributed by atoms with E-state index < -0.39 is 0 Å². The van der Waals surface area contributed by atoms with Gasteiger partial charge < -0.3 is 4.90 Å². The van der Waals surface area contributed by atoms with Gasteiger partial charge in [-0.05, 0) is 46.3 Å². The molecule has 0 amide bonds. The van der Waals surface area contributed by atoms with Crippen molar-refractivity contribution in [1.29, 1.82) is 0 Å². The molecule has 0 fully saturated rings. The Morgan fingerprint density at radius 2 is 1.06 bits per heavy atom. The van der Waals surface area contributed by atoms with Crippen LogP contribution in [0.5, 0.6) is 0 Å². The summed E-state index contributed by atoms with van der Waals surface area (Å²) in [5.74, 6) is 0. The zero-order valence-corrected chi connectivity index (χ0v) is 20.6. The monoisotopic (exact) mass is 457 g/mol. The van der Waals surface area contributed by atoms with E-state index in [0.29, 0.717) is 0 Å². The standard InChI is InChI=1S/C33H25B2N/c1-33(2)23-14-6-7-15-25(23)34-26-16-8-9-17-27(26)35-28-18-10-11-19-29(28)36(22-12-4-3-5-13-22)30-21-20-24(33)31(34)32(30)35/h3-21H,1-2H3. The molecule has 3 aliphatic rings. The molecule has 0 saturated carbocycles. The third-order valence-electron chi connectivity index (χ3n) is 8.82. The molecule has 0 unspecified atom stereocenters. The van der Waals surface area contributed by atoms with Gasteiger partial charge in [-0.25, -0.2) is 0 Å². The quantitative estimate of drug-likeness (QED) is 0.342. The van der Waals surface area contributed by atoms with Crippen molar-refractivity contribution in [1.82, 2.24) is 0 Å². The number of rotatable bonds is 1. The first-order chi connectivity index (χ1) is 17.7. The summed E-state index contributed by atoms with van der Waals surface area (Å²) in [6.45, 7) is 5.30. The van der Waals surface area contributed by atoms with Crippen molar-refractivity contribution >= 4 is 63.3 Å². The van der Waals surface area contributed by atoms with Gasteiger partial charge in [-0.3, -0.25) is 0 Å². The van der Waals surface area contributed by atoms with Crippen molar-refractivity contribution in [2.45, 2.75) is 19.3 Å². The van der Waals surface area contributed by atoms with Crippen LogP contribution in [0.4, 0.5) is 17.1 Å². The third kappa shape index (κ3) is 2.43. The molecule has 3 aliphatic heterocycles. The lowest BCUT2D eigenvalue weighted by atomic mass is 9.18. The summed E-state index contributed by atoms with van der Waals surface area (Å²) in [5.41, 5.74) is 15.4. The molecule has 1 nitrogen and oxygen atoms in total. The van der Waals surface area contributed by atoms with Crippen molar-refractivity contribution in [3.63, 3.8) is 0 Å². The van der Waals surface area contributed by atoms with E-state index in [2.05, 4.69) is 134 Å². The number of hydrogen-bond acceptors (Lipinski definition) is 1. The van der Waals surface area contributed by atoms with Crippen molar-refractivity contribution in [2.24, 2.45) is 0 Å². The average molecular weight is 457 g/mol. The van der Waals surface area contributed by atoms with E-state index in [0.717, 1.165) is 0 Å². The number of para-hydroxylation sites is 2. The first kappa shape index (κ1) is 20.2.